The highest BCUT2D eigenvalue weighted by Crippen LogP contribution is 2.30. The summed E-state index contributed by atoms with van der Waals surface area (Å²) in [6, 6.07) is 5.39. The molecule has 0 bridgehead atoms. The number of alkyl halides is 3. The number of piperazine rings is 1. The van der Waals surface area contributed by atoms with Crippen molar-refractivity contribution in [3.8, 4) is 0 Å². The third kappa shape index (κ3) is 4.69. The summed E-state index contributed by atoms with van der Waals surface area (Å²) < 4.78 is 39.1. The minimum atomic E-state index is -4.47. The van der Waals surface area contributed by atoms with Crippen molar-refractivity contribution >= 4 is 11.9 Å². The van der Waals surface area contributed by atoms with E-state index in [9.17, 15) is 18.0 Å². The Morgan fingerprint density at radius 3 is 2.45 bits per heavy atom. The molecule has 3 heterocycles. The molecule has 1 aromatic heterocycles. The Hall–Kier alpha value is -2.68. The lowest BCUT2D eigenvalue weighted by molar-refractivity contribution is -0.137. The van der Waals surface area contributed by atoms with Crippen molar-refractivity contribution in [2.75, 3.05) is 44.2 Å². The van der Waals surface area contributed by atoms with Gasteiger partial charge in [0.2, 0.25) is 5.95 Å². The van der Waals surface area contributed by atoms with Crippen molar-refractivity contribution < 1.29 is 18.0 Å². The maximum atomic E-state index is 13.0. The molecule has 176 valence electrons. The largest absolute Gasteiger partial charge is 0.416 e. The molecule has 6 nitrogen and oxygen atoms in total. The molecule has 1 saturated heterocycles. The molecule has 1 amide bonds. The summed E-state index contributed by atoms with van der Waals surface area (Å²) in [6.07, 6.45) is 2.50. The molecule has 5 rings (SSSR count). The lowest BCUT2D eigenvalue weighted by Gasteiger charge is -2.43. The van der Waals surface area contributed by atoms with E-state index >= 15 is 0 Å². The molecule has 0 radical (unpaired) electrons. The number of carbonyl (C=O) groups excluding carboxylic acids is 1. The van der Waals surface area contributed by atoms with Gasteiger partial charge in [0.15, 0.2) is 0 Å². The van der Waals surface area contributed by atoms with Crippen LogP contribution in [0.5, 0.6) is 0 Å². The molecule has 2 aliphatic heterocycles. The lowest BCUT2D eigenvalue weighted by Crippen LogP contribution is -2.52. The first-order valence-electron chi connectivity index (χ1n) is 11.7. The Bertz CT molecular complexity index is 1020. The Kier molecular flexibility index (Phi) is 5.99. The zero-order chi connectivity index (χ0) is 23.0. The Balaban J connectivity index is 1.24. The van der Waals surface area contributed by atoms with E-state index in [1.807, 2.05) is 6.20 Å². The zero-order valence-corrected chi connectivity index (χ0v) is 18.5. The molecule has 3 aliphatic rings. The number of hydrogen-bond acceptors (Lipinski definition) is 5. The molecule has 1 saturated carbocycles. The van der Waals surface area contributed by atoms with Gasteiger partial charge in [-0.3, -0.25) is 9.69 Å². The summed E-state index contributed by atoms with van der Waals surface area (Å²) in [7, 11) is 0. The third-order valence-electron chi connectivity index (χ3n) is 7.12. The van der Waals surface area contributed by atoms with Crippen molar-refractivity contribution in [2.24, 2.45) is 0 Å². The van der Waals surface area contributed by atoms with Gasteiger partial charge in [-0.25, -0.2) is 9.97 Å². The van der Waals surface area contributed by atoms with Crippen LogP contribution in [0.1, 0.15) is 46.4 Å². The van der Waals surface area contributed by atoms with E-state index in [4.69, 9.17) is 4.98 Å². The van der Waals surface area contributed by atoms with E-state index in [0.717, 1.165) is 61.6 Å². The van der Waals surface area contributed by atoms with Crippen LogP contribution in [0.15, 0.2) is 30.5 Å². The van der Waals surface area contributed by atoms with Gasteiger partial charge in [-0.15, -0.1) is 0 Å². The summed E-state index contributed by atoms with van der Waals surface area (Å²) in [5.41, 5.74) is 1.19. The highest BCUT2D eigenvalue weighted by molar-refractivity contribution is 5.94. The highest BCUT2D eigenvalue weighted by Gasteiger charge is 2.32. The predicted molar refractivity (Wildman–Crippen MR) is 118 cm³/mol. The number of carbonyl (C=O) groups is 1. The standard InChI is InChI=1S/C24H28F3N5O/c25-24(26,27)19-4-1-3-17(15-19)22(33)31-9-7-18-16-28-23(29-21(18)8-10-31)32-13-11-30(12-14-32)20-5-2-6-20/h1,3-4,15-16,20H,2,5-14H2. The zero-order valence-electron chi connectivity index (χ0n) is 18.5. The van der Waals surface area contributed by atoms with Crippen LogP contribution >= 0.6 is 0 Å². The van der Waals surface area contributed by atoms with E-state index in [2.05, 4.69) is 14.8 Å². The minimum absolute atomic E-state index is 0.0619. The highest BCUT2D eigenvalue weighted by atomic mass is 19.4. The van der Waals surface area contributed by atoms with Crippen molar-refractivity contribution in [1.29, 1.82) is 0 Å². The van der Waals surface area contributed by atoms with Gasteiger partial charge in [-0.05, 0) is 43.0 Å². The maximum Gasteiger partial charge on any atom is 0.416 e. The second-order valence-electron chi connectivity index (χ2n) is 9.12. The number of benzene rings is 1. The summed E-state index contributed by atoms with van der Waals surface area (Å²) in [4.78, 5) is 28.8. The van der Waals surface area contributed by atoms with Gasteiger partial charge in [0.05, 0.1) is 11.3 Å². The van der Waals surface area contributed by atoms with Crippen molar-refractivity contribution in [1.82, 2.24) is 19.8 Å². The van der Waals surface area contributed by atoms with Crippen LogP contribution in [0, 0.1) is 0 Å². The molecular weight excluding hydrogens is 431 g/mol. The van der Waals surface area contributed by atoms with Crippen LogP contribution in [0.4, 0.5) is 19.1 Å². The van der Waals surface area contributed by atoms with Gasteiger partial charge < -0.3 is 9.80 Å². The first kappa shape index (κ1) is 22.1. The number of rotatable bonds is 3. The van der Waals surface area contributed by atoms with E-state index in [1.165, 1.54) is 31.4 Å². The molecule has 2 fully saturated rings. The molecule has 2 aromatic rings. The summed E-state index contributed by atoms with van der Waals surface area (Å²) in [5, 5.41) is 0. The predicted octanol–water partition coefficient (Wildman–Crippen LogP) is 3.41. The first-order valence-corrected chi connectivity index (χ1v) is 11.7. The van der Waals surface area contributed by atoms with E-state index in [1.54, 1.807) is 4.90 Å². The van der Waals surface area contributed by atoms with Gasteiger partial charge in [0.25, 0.3) is 5.91 Å². The fourth-order valence-electron chi connectivity index (χ4n) is 4.87. The Morgan fingerprint density at radius 1 is 1.00 bits per heavy atom. The molecule has 0 unspecified atom stereocenters. The van der Waals surface area contributed by atoms with E-state index in [0.29, 0.717) is 25.9 Å². The quantitative estimate of drug-likeness (QED) is 0.704. The maximum absolute atomic E-state index is 13.0. The minimum Gasteiger partial charge on any atom is -0.338 e. The van der Waals surface area contributed by atoms with Gasteiger partial charge in [0, 0.05) is 63.5 Å². The van der Waals surface area contributed by atoms with Crippen LogP contribution < -0.4 is 4.90 Å². The number of amides is 1. The number of fused-ring (bicyclic) bond motifs is 1. The fourth-order valence-corrected chi connectivity index (χ4v) is 4.87. The summed E-state index contributed by atoms with van der Waals surface area (Å²) in [6.45, 7) is 4.75. The van der Waals surface area contributed by atoms with Gasteiger partial charge in [0.1, 0.15) is 0 Å². The second-order valence-corrected chi connectivity index (χ2v) is 9.12. The average molecular weight is 460 g/mol. The van der Waals surface area contributed by atoms with Crippen LogP contribution in [-0.4, -0.2) is 71.0 Å². The fraction of sp³-hybridized carbons (Fsp3) is 0.542. The van der Waals surface area contributed by atoms with E-state index in [-0.39, 0.29) is 11.5 Å². The van der Waals surface area contributed by atoms with Crippen LogP contribution in [-0.2, 0) is 19.0 Å². The molecule has 9 heteroatoms. The molecule has 1 aliphatic carbocycles. The molecular formula is C24H28F3N5O. The van der Waals surface area contributed by atoms with Gasteiger partial charge in [-0.2, -0.15) is 13.2 Å². The molecule has 0 atom stereocenters. The first-order chi connectivity index (χ1) is 15.9. The third-order valence-corrected chi connectivity index (χ3v) is 7.12. The number of hydrogen-bond donors (Lipinski definition) is 0. The Labute approximate surface area is 191 Å². The molecule has 1 aromatic carbocycles. The molecule has 0 spiro atoms. The van der Waals surface area contributed by atoms with Crippen molar-refractivity contribution in [2.45, 2.75) is 44.3 Å². The lowest BCUT2D eigenvalue weighted by atomic mass is 9.91. The van der Waals surface area contributed by atoms with Crippen molar-refractivity contribution in [3.63, 3.8) is 0 Å². The topological polar surface area (TPSA) is 52.6 Å². The Morgan fingerprint density at radius 2 is 1.76 bits per heavy atom. The van der Waals surface area contributed by atoms with Crippen LogP contribution in [0.2, 0.25) is 0 Å². The smallest absolute Gasteiger partial charge is 0.338 e. The molecule has 0 N–H and O–H groups in total. The average Bonchev–Trinajstić information content (AvgIpc) is 3.00. The normalized spacial score (nSPS) is 20.2. The SMILES string of the molecule is O=C(c1cccc(C(F)(F)F)c1)N1CCc2cnc(N3CCN(C4CCC4)CC3)nc2CC1. The van der Waals surface area contributed by atoms with Crippen LogP contribution in [0.25, 0.3) is 0 Å². The second kappa shape index (κ2) is 8.93. The number of halogens is 3. The summed E-state index contributed by atoms with van der Waals surface area (Å²) >= 11 is 0. The van der Waals surface area contributed by atoms with Gasteiger partial charge in [-0.1, -0.05) is 12.5 Å². The number of aromatic nitrogens is 2. The van der Waals surface area contributed by atoms with E-state index < -0.39 is 11.7 Å². The number of nitrogens with zero attached hydrogens (tertiary/aromatic N) is 5. The van der Waals surface area contributed by atoms with Gasteiger partial charge >= 0.3 is 6.18 Å². The summed E-state index contributed by atoms with van der Waals surface area (Å²) in [5.74, 6) is 0.355. The van der Waals surface area contributed by atoms with Crippen molar-refractivity contribution in [3.05, 3.63) is 52.8 Å². The molecule has 33 heavy (non-hydrogen) atoms. The monoisotopic (exact) mass is 459 g/mol. The number of anilines is 1. The van der Waals surface area contributed by atoms with Crippen LogP contribution in [0.3, 0.4) is 0 Å².